The number of fused-ring (bicyclic) bond motifs is 1. The fourth-order valence-electron chi connectivity index (χ4n) is 5.99. The summed E-state index contributed by atoms with van der Waals surface area (Å²) in [6.45, 7) is 10.5. The smallest absolute Gasteiger partial charge is 0.266 e. The van der Waals surface area contributed by atoms with E-state index >= 15 is 0 Å². The van der Waals surface area contributed by atoms with Gasteiger partial charge in [-0.15, -0.1) is 5.10 Å². The summed E-state index contributed by atoms with van der Waals surface area (Å²) in [5.41, 5.74) is 3.98. The molecule has 4 aromatic heterocycles. The Hall–Kier alpha value is -3.83. The number of pyridine rings is 2. The maximum atomic E-state index is 11.9. The number of hydrogen-bond donors (Lipinski definition) is 1. The second kappa shape index (κ2) is 12.6. The molecule has 0 unspecified atom stereocenters. The van der Waals surface area contributed by atoms with Crippen LogP contribution in [0.4, 0.5) is 5.82 Å². The molecular formula is C31H41N9O2. The molecule has 1 saturated carbocycles. The molecule has 11 nitrogen and oxygen atoms in total. The number of anilines is 1. The Morgan fingerprint density at radius 2 is 1.76 bits per heavy atom. The average Bonchev–Trinajstić information content (AvgIpc) is 3.39. The van der Waals surface area contributed by atoms with E-state index in [0.717, 1.165) is 98.6 Å². The summed E-state index contributed by atoms with van der Waals surface area (Å²) in [6.07, 6.45) is 7.62. The first kappa shape index (κ1) is 28.3. The lowest BCUT2D eigenvalue weighted by atomic mass is 9.93. The maximum Gasteiger partial charge on any atom is 0.266 e. The van der Waals surface area contributed by atoms with Gasteiger partial charge in [0.2, 0.25) is 5.88 Å². The standard InChI is InChI=1S/C31H41N9O2/c1-4-32-28-18-27-26(20-34-28)31(22-6-7-23(33-19-22)21-38-16-14-37(3)15-17-38)36-40(27)24-8-10-25(11-9-24)42-29-12-13-30(41)39(5-2)35-29/h6-7,12-13,18-20,24-25H,4-5,8-11,14-17,21H2,1-3H3,(H,32,34). The van der Waals surface area contributed by atoms with Crippen molar-refractivity contribution < 1.29 is 4.74 Å². The van der Waals surface area contributed by atoms with Gasteiger partial charge in [-0.05, 0) is 58.7 Å². The lowest BCUT2D eigenvalue weighted by Gasteiger charge is -2.32. The molecule has 0 bridgehead atoms. The molecule has 0 amide bonds. The fraction of sp³-hybridized carbons (Fsp3) is 0.516. The minimum Gasteiger partial charge on any atom is -0.473 e. The van der Waals surface area contributed by atoms with Crippen LogP contribution in [0.5, 0.6) is 5.88 Å². The minimum atomic E-state index is -0.110. The monoisotopic (exact) mass is 571 g/mol. The molecule has 5 heterocycles. The van der Waals surface area contributed by atoms with E-state index in [-0.39, 0.29) is 17.7 Å². The molecular weight excluding hydrogens is 530 g/mol. The van der Waals surface area contributed by atoms with Gasteiger partial charge in [0.05, 0.1) is 17.3 Å². The number of nitrogens with one attached hydrogen (secondary N) is 1. The van der Waals surface area contributed by atoms with Gasteiger partial charge in [0, 0.05) is 87.4 Å². The van der Waals surface area contributed by atoms with Gasteiger partial charge >= 0.3 is 0 Å². The summed E-state index contributed by atoms with van der Waals surface area (Å²) in [6, 6.07) is 9.85. The lowest BCUT2D eigenvalue weighted by molar-refractivity contribution is 0.123. The van der Waals surface area contributed by atoms with Crippen LogP contribution >= 0.6 is 0 Å². The zero-order valence-corrected chi connectivity index (χ0v) is 24.9. The van der Waals surface area contributed by atoms with Crippen molar-refractivity contribution in [1.29, 1.82) is 0 Å². The summed E-state index contributed by atoms with van der Waals surface area (Å²) < 4.78 is 9.81. The molecule has 1 N–H and O–H groups in total. The SMILES string of the molecule is CCNc1cc2c(cn1)c(-c1ccc(CN3CCN(C)CC3)nc1)nn2C1CCC(Oc2ccc(=O)n(CC)n2)CC1. The molecule has 0 atom stereocenters. The van der Waals surface area contributed by atoms with Gasteiger partial charge in [-0.25, -0.2) is 9.67 Å². The highest BCUT2D eigenvalue weighted by molar-refractivity contribution is 5.93. The second-order valence-electron chi connectivity index (χ2n) is 11.4. The van der Waals surface area contributed by atoms with Crippen LogP contribution in [-0.2, 0) is 13.1 Å². The van der Waals surface area contributed by atoms with E-state index < -0.39 is 0 Å². The van der Waals surface area contributed by atoms with E-state index in [4.69, 9.17) is 14.8 Å². The number of likely N-dealkylation sites (N-methyl/N-ethyl adjacent to an activating group) is 1. The van der Waals surface area contributed by atoms with Crippen LogP contribution in [0.1, 0.15) is 51.3 Å². The number of ether oxygens (including phenoxy) is 1. The van der Waals surface area contributed by atoms with Crippen molar-refractivity contribution in [3.63, 3.8) is 0 Å². The van der Waals surface area contributed by atoms with Gasteiger partial charge in [0.1, 0.15) is 17.6 Å². The Balaban J connectivity index is 1.20. The molecule has 4 aromatic rings. The number of nitrogens with zero attached hydrogens (tertiary/aromatic N) is 8. The topological polar surface area (TPSA) is 106 Å². The van der Waals surface area contributed by atoms with E-state index in [2.05, 4.69) is 62.1 Å². The molecule has 2 fully saturated rings. The largest absolute Gasteiger partial charge is 0.473 e. The van der Waals surface area contributed by atoms with Crippen molar-refractivity contribution in [1.82, 2.24) is 39.3 Å². The lowest BCUT2D eigenvalue weighted by Crippen LogP contribution is -2.43. The summed E-state index contributed by atoms with van der Waals surface area (Å²) in [5.74, 6) is 1.36. The normalized spacial score (nSPS) is 20.2. The van der Waals surface area contributed by atoms with Crippen LogP contribution in [0.25, 0.3) is 22.2 Å². The first-order chi connectivity index (χ1) is 20.5. The van der Waals surface area contributed by atoms with Crippen LogP contribution in [0.3, 0.4) is 0 Å². The Morgan fingerprint density at radius 1 is 0.952 bits per heavy atom. The third kappa shape index (κ3) is 6.17. The highest BCUT2D eigenvalue weighted by Gasteiger charge is 2.27. The molecule has 0 aromatic carbocycles. The van der Waals surface area contributed by atoms with Crippen LogP contribution in [0, 0.1) is 0 Å². The van der Waals surface area contributed by atoms with Crippen LogP contribution < -0.4 is 15.6 Å². The average molecular weight is 572 g/mol. The quantitative estimate of drug-likeness (QED) is 0.321. The first-order valence-corrected chi connectivity index (χ1v) is 15.2. The summed E-state index contributed by atoms with van der Waals surface area (Å²) in [7, 11) is 2.18. The predicted molar refractivity (Wildman–Crippen MR) is 164 cm³/mol. The molecule has 1 saturated heterocycles. The van der Waals surface area contributed by atoms with Crippen molar-refractivity contribution in [2.75, 3.05) is 45.1 Å². The minimum absolute atomic E-state index is 0.0638. The van der Waals surface area contributed by atoms with Gasteiger partial charge in [-0.2, -0.15) is 5.10 Å². The Morgan fingerprint density at radius 3 is 2.48 bits per heavy atom. The van der Waals surface area contributed by atoms with Crippen LogP contribution in [0.15, 0.2) is 47.5 Å². The summed E-state index contributed by atoms with van der Waals surface area (Å²) in [4.78, 5) is 26.2. The molecule has 0 radical (unpaired) electrons. The fourth-order valence-corrected chi connectivity index (χ4v) is 5.99. The maximum absolute atomic E-state index is 11.9. The van der Waals surface area contributed by atoms with Crippen molar-refractivity contribution in [3.8, 4) is 17.1 Å². The van der Waals surface area contributed by atoms with Crippen molar-refractivity contribution >= 4 is 16.7 Å². The van der Waals surface area contributed by atoms with E-state index in [1.165, 1.54) is 10.7 Å². The molecule has 1 aliphatic heterocycles. The number of rotatable bonds is 9. The summed E-state index contributed by atoms with van der Waals surface area (Å²) >= 11 is 0. The van der Waals surface area contributed by atoms with Gasteiger partial charge in [0.25, 0.3) is 5.56 Å². The molecule has 11 heteroatoms. The van der Waals surface area contributed by atoms with Crippen molar-refractivity contribution in [3.05, 3.63) is 58.8 Å². The Bertz CT molecular complexity index is 1550. The molecule has 2 aliphatic rings. The molecule has 42 heavy (non-hydrogen) atoms. The molecule has 0 spiro atoms. The number of piperazine rings is 1. The third-order valence-corrected chi connectivity index (χ3v) is 8.45. The number of hydrogen-bond acceptors (Lipinski definition) is 9. The van der Waals surface area contributed by atoms with Gasteiger partial charge in [-0.3, -0.25) is 19.4 Å². The van der Waals surface area contributed by atoms with Gasteiger partial charge in [0.15, 0.2) is 0 Å². The van der Waals surface area contributed by atoms with E-state index in [9.17, 15) is 4.79 Å². The van der Waals surface area contributed by atoms with Gasteiger partial charge in [-0.1, -0.05) is 0 Å². The van der Waals surface area contributed by atoms with E-state index in [1.807, 2.05) is 19.3 Å². The highest BCUT2D eigenvalue weighted by Crippen LogP contribution is 2.36. The Kier molecular flexibility index (Phi) is 8.48. The molecule has 6 rings (SSSR count). The zero-order valence-electron chi connectivity index (χ0n) is 24.9. The highest BCUT2D eigenvalue weighted by atomic mass is 16.5. The predicted octanol–water partition coefficient (Wildman–Crippen LogP) is 3.81. The first-order valence-electron chi connectivity index (χ1n) is 15.2. The van der Waals surface area contributed by atoms with Crippen LogP contribution in [0.2, 0.25) is 0 Å². The molecule has 222 valence electrons. The second-order valence-corrected chi connectivity index (χ2v) is 11.4. The summed E-state index contributed by atoms with van der Waals surface area (Å²) in [5, 5.41) is 13.9. The Labute approximate surface area is 246 Å². The van der Waals surface area contributed by atoms with E-state index in [0.29, 0.717) is 12.4 Å². The molecule has 1 aliphatic carbocycles. The van der Waals surface area contributed by atoms with Crippen molar-refractivity contribution in [2.24, 2.45) is 0 Å². The number of aromatic nitrogens is 6. The number of aryl methyl sites for hydroxylation is 1. The third-order valence-electron chi connectivity index (χ3n) is 8.45. The van der Waals surface area contributed by atoms with Crippen LogP contribution in [-0.4, -0.2) is 85.2 Å². The zero-order chi connectivity index (χ0) is 29.1. The van der Waals surface area contributed by atoms with Gasteiger partial charge < -0.3 is 15.0 Å². The van der Waals surface area contributed by atoms with Crippen molar-refractivity contribution in [2.45, 2.75) is 64.8 Å². The van der Waals surface area contributed by atoms with E-state index in [1.54, 1.807) is 6.07 Å².